The van der Waals surface area contributed by atoms with Gasteiger partial charge in [-0.1, -0.05) is 111 Å². The maximum absolute atomic E-state index is 11.4. The zero-order valence-corrected chi connectivity index (χ0v) is 47.0. The minimum atomic E-state index is 0.203. The molecule has 0 radical (unpaired) electrons. The zero-order valence-electron chi connectivity index (χ0n) is 47.0. The van der Waals surface area contributed by atoms with Crippen molar-refractivity contribution in [2.24, 2.45) is 49.2 Å². The lowest BCUT2D eigenvalue weighted by molar-refractivity contribution is -0.142. The fourth-order valence-corrected chi connectivity index (χ4v) is 9.08. The molecule has 8 aliphatic heterocycles. The van der Waals surface area contributed by atoms with Crippen LogP contribution < -0.4 is 10.6 Å². The summed E-state index contributed by atoms with van der Waals surface area (Å²) < 4.78 is 10.1. The second-order valence-corrected chi connectivity index (χ2v) is 28.6. The molecule has 2 saturated carbocycles. The molecule has 0 aromatic heterocycles. The largest absolute Gasteiger partial charge is 0.381 e. The molecule has 10 fully saturated rings. The minimum absolute atomic E-state index is 0.203. The minimum Gasteiger partial charge on any atom is -0.381 e. The number of rotatable bonds is 2. The quantitative estimate of drug-likeness (QED) is 0.283. The lowest BCUT2D eigenvalue weighted by atomic mass is 9.83. The van der Waals surface area contributed by atoms with E-state index in [-0.39, 0.29) is 5.91 Å². The van der Waals surface area contributed by atoms with Gasteiger partial charge < -0.3 is 34.8 Å². The Bertz CT molecular complexity index is 1360. The number of likely N-dealkylation sites (tertiary alicyclic amines) is 4. The summed E-state index contributed by atoms with van der Waals surface area (Å²) in [4.78, 5) is 30.9. The van der Waals surface area contributed by atoms with Crippen LogP contribution in [0, 0.1) is 49.2 Å². The van der Waals surface area contributed by atoms with E-state index < -0.39 is 0 Å². The monoisotopic (exact) mass is 931 g/mol. The van der Waals surface area contributed by atoms with Gasteiger partial charge in [-0.2, -0.15) is 0 Å². The zero-order chi connectivity index (χ0) is 49.8. The van der Waals surface area contributed by atoms with Crippen LogP contribution in [0.5, 0.6) is 0 Å². The summed E-state index contributed by atoms with van der Waals surface area (Å²) >= 11 is 0. The number of amides is 2. The third-order valence-electron chi connectivity index (χ3n) is 14.8. The Kier molecular flexibility index (Phi) is 22.1. The van der Waals surface area contributed by atoms with Crippen LogP contribution >= 0.6 is 0 Å². The van der Waals surface area contributed by atoms with E-state index in [9.17, 15) is 9.59 Å². The molecule has 0 atom stereocenters. The normalized spacial score (nSPS) is 28.3. The molecular weight excluding hydrogens is 821 g/mol. The second-order valence-electron chi connectivity index (χ2n) is 28.6. The van der Waals surface area contributed by atoms with Gasteiger partial charge >= 0.3 is 0 Å². The second kappa shape index (κ2) is 24.7. The van der Waals surface area contributed by atoms with Crippen molar-refractivity contribution < 1.29 is 19.1 Å². The molecule has 2 amide bonds. The van der Waals surface area contributed by atoms with Gasteiger partial charge in [-0.3, -0.25) is 14.5 Å². The number of piperidine rings is 2. The van der Waals surface area contributed by atoms with Crippen molar-refractivity contribution in [1.82, 2.24) is 30.2 Å². The van der Waals surface area contributed by atoms with Crippen LogP contribution in [0.3, 0.4) is 0 Å². The molecule has 0 bridgehead atoms. The standard InChI is InChI=1S/C9H15NO.C8H15N.C8H17N.C7H13NO.C7H15N.C7H14O.C5H11N.C5H10O/c1-9(2)5-10(6-9)8(11)7-3-4-7;1-8(2)5-9(6-8)7-3-4-7;1-8(2)4-6-9(3)7-5-8;1-6(9)8-4-7(2,3)5-8;2*1-7(2)3-5-8-6-4-7;2*1-5(2)3-6-4-5/h7H,3-6H2,1-2H3;7H,3-6H2,1-2H3;4-7H2,1-3H3;4-5H2,1-3H3;8H,3-6H2,1-2H3;3-6H2,1-2H3;6H,3-4H2,1-2H3;3-4H2,1-2H3. The van der Waals surface area contributed by atoms with Gasteiger partial charge in [0.2, 0.25) is 11.8 Å². The maximum atomic E-state index is 11.4. The molecule has 2 N–H and O–H groups in total. The van der Waals surface area contributed by atoms with Crippen molar-refractivity contribution in [3.05, 3.63) is 0 Å². The predicted molar refractivity (Wildman–Crippen MR) is 279 cm³/mol. The van der Waals surface area contributed by atoms with Gasteiger partial charge in [0.05, 0.1) is 13.2 Å². The van der Waals surface area contributed by atoms with Crippen LogP contribution in [0.2, 0.25) is 0 Å². The fourth-order valence-electron chi connectivity index (χ4n) is 9.08. The number of hydrogen-bond acceptors (Lipinski definition) is 8. The molecule has 10 aliphatic rings. The molecule has 2 aliphatic carbocycles. The van der Waals surface area contributed by atoms with E-state index in [4.69, 9.17) is 9.47 Å². The van der Waals surface area contributed by atoms with E-state index in [1.807, 2.05) is 9.80 Å². The van der Waals surface area contributed by atoms with Crippen LogP contribution in [0.15, 0.2) is 0 Å². The molecule has 0 aromatic carbocycles. The lowest BCUT2D eigenvalue weighted by Gasteiger charge is -2.46. The van der Waals surface area contributed by atoms with Gasteiger partial charge in [-0.25, -0.2) is 0 Å². The fraction of sp³-hybridized carbons (Fsp3) is 0.964. The number of carbonyl (C=O) groups excluding carboxylic acids is 2. The molecule has 8 heterocycles. The van der Waals surface area contributed by atoms with E-state index in [2.05, 4.69) is 138 Å². The first-order valence-electron chi connectivity index (χ1n) is 26.7. The van der Waals surface area contributed by atoms with Gasteiger partial charge in [-0.15, -0.1) is 0 Å². The molecule has 10 rings (SSSR count). The first-order chi connectivity index (χ1) is 30.2. The summed E-state index contributed by atoms with van der Waals surface area (Å²) in [5.41, 5.74) is 4.31. The molecule has 0 spiro atoms. The topological polar surface area (TPSA) is 89.6 Å². The molecule has 0 unspecified atom stereocenters. The van der Waals surface area contributed by atoms with Crippen LogP contribution in [0.25, 0.3) is 0 Å². The van der Waals surface area contributed by atoms with E-state index >= 15 is 0 Å². The Labute approximate surface area is 408 Å². The summed E-state index contributed by atoms with van der Waals surface area (Å²) in [6.07, 6.45) is 13.1. The van der Waals surface area contributed by atoms with E-state index in [0.29, 0.717) is 55.1 Å². The van der Waals surface area contributed by atoms with Crippen molar-refractivity contribution in [3.8, 4) is 0 Å². The molecule has 10 nitrogen and oxygen atoms in total. The summed E-state index contributed by atoms with van der Waals surface area (Å²) in [5, 5.41) is 6.54. The molecule has 66 heavy (non-hydrogen) atoms. The van der Waals surface area contributed by atoms with Crippen molar-refractivity contribution in [2.45, 2.75) is 188 Å². The molecule has 10 heteroatoms. The summed E-state index contributed by atoms with van der Waals surface area (Å²) in [7, 11) is 2.20. The number of nitrogens with zero attached hydrogens (tertiary/aromatic N) is 4. The highest BCUT2D eigenvalue weighted by Gasteiger charge is 2.43. The molecule has 388 valence electrons. The number of nitrogens with one attached hydrogen (secondary N) is 2. The first kappa shape index (κ1) is 59.0. The maximum Gasteiger partial charge on any atom is 0.225 e. The number of ether oxygens (including phenoxy) is 2. The van der Waals surface area contributed by atoms with Gasteiger partial charge in [0, 0.05) is 89.9 Å². The summed E-state index contributed by atoms with van der Waals surface area (Å²) in [6.45, 7) is 55.8. The third kappa shape index (κ3) is 24.5. The summed E-state index contributed by atoms with van der Waals surface area (Å²) in [5.74, 6) is 1.02. The number of carbonyl (C=O) groups is 2. The van der Waals surface area contributed by atoms with E-state index in [1.54, 1.807) is 6.92 Å². The van der Waals surface area contributed by atoms with Crippen molar-refractivity contribution in [3.63, 3.8) is 0 Å². The molecular formula is C56H110N6O4. The molecule has 0 aromatic rings. The van der Waals surface area contributed by atoms with Crippen LogP contribution in [-0.2, 0) is 19.1 Å². The van der Waals surface area contributed by atoms with Crippen molar-refractivity contribution in [1.29, 1.82) is 0 Å². The average molecular weight is 932 g/mol. The van der Waals surface area contributed by atoms with E-state index in [0.717, 1.165) is 71.5 Å². The predicted octanol–water partition coefficient (Wildman–Crippen LogP) is 10.2. The SMILES string of the molecule is CC(=O)N1CC(C)(C)C1.CC1(C)CCNCC1.CC1(C)CCOCC1.CC1(C)CN(C(=O)C2CC2)C1.CC1(C)CN(C2CC2)C1.CC1(C)CNC1.CC1(C)COC1.CN1CCC(C)(C)CC1. The first-order valence-corrected chi connectivity index (χ1v) is 26.7. The van der Waals surface area contributed by atoms with Crippen LogP contribution in [-0.4, -0.2) is 149 Å². The Morgan fingerprint density at radius 2 is 0.864 bits per heavy atom. The highest BCUT2D eigenvalue weighted by molar-refractivity contribution is 5.81. The van der Waals surface area contributed by atoms with Gasteiger partial charge in [0.15, 0.2) is 0 Å². The van der Waals surface area contributed by atoms with Crippen LogP contribution in [0.4, 0.5) is 0 Å². The van der Waals surface area contributed by atoms with Crippen molar-refractivity contribution >= 4 is 11.8 Å². The number of hydrogen-bond donors (Lipinski definition) is 2. The summed E-state index contributed by atoms with van der Waals surface area (Å²) in [6, 6.07) is 0.998. The molecule has 8 saturated heterocycles. The highest BCUT2D eigenvalue weighted by Crippen LogP contribution is 2.39. The Morgan fingerprint density at radius 3 is 1.09 bits per heavy atom. The van der Waals surface area contributed by atoms with E-state index in [1.165, 1.54) is 104 Å². The highest BCUT2D eigenvalue weighted by atomic mass is 16.5. The third-order valence-corrected chi connectivity index (χ3v) is 14.8. The van der Waals surface area contributed by atoms with Gasteiger partial charge in [0.25, 0.3) is 0 Å². The van der Waals surface area contributed by atoms with Gasteiger partial charge in [-0.05, 0) is 135 Å². The Hall–Kier alpha value is -1.30. The smallest absolute Gasteiger partial charge is 0.225 e. The Balaban J connectivity index is 0.000000201. The average Bonchev–Trinajstić information content (AvgIpc) is 4.08. The van der Waals surface area contributed by atoms with Crippen molar-refractivity contribution in [2.75, 3.05) is 112 Å². The van der Waals surface area contributed by atoms with Crippen LogP contribution in [0.1, 0.15) is 182 Å². The lowest BCUT2D eigenvalue weighted by Crippen LogP contribution is -2.55. The Morgan fingerprint density at radius 1 is 0.470 bits per heavy atom. The van der Waals surface area contributed by atoms with Gasteiger partial charge in [0.1, 0.15) is 0 Å².